The third kappa shape index (κ3) is 1.79. The second-order valence-electron chi connectivity index (χ2n) is 4.48. The maximum absolute atomic E-state index is 9.00. The maximum atomic E-state index is 9.00. The van der Waals surface area contributed by atoms with Crippen LogP contribution in [0.3, 0.4) is 0 Å². The van der Waals surface area contributed by atoms with Gasteiger partial charge >= 0.3 is 0 Å². The fraction of sp³-hybridized carbons (Fsp3) is 0.778. The Morgan fingerprint density at radius 3 is 2.42 bits per heavy atom. The van der Waals surface area contributed by atoms with Crippen molar-refractivity contribution in [1.29, 1.82) is 0 Å². The van der Waals surface area contributed by atoms with E-state index in [0.29, 0.717) is 0 Å². The minimum atomic E-state index is -0.553. The highest BCUT2D eigenvalue weighted by Crippen LogP contribution is 2.30. The second-order valence-corrected chi connectivity index (χ2v) is 4.48. The van der Waals surface area contributed by atoms with Crippen molar-refractivity contribution >= 4 is 0 Å². The zero-order chi connectivity index (χ0) is 9.41. The van der Waals surface area contributed by atoms with Crippen molar-refractivity contribution in [2.75, 3.05) is 6.61 Å². The van der Waals surface area contributed by atoms with Crippen molar-refractivity contribution in [3.05, 3.63) is 11.8 Å². The van der Waals surface area contributed by atoms with E-state index in [4.69, 9.17) is 9.94 Å². The Bertz CT molecular complexity index is 205. The molecule has 0 fully saturated rings. The van der Waals surface area contributed by atoms with Gasteiger partial charge in [0.05, 0.1) is 6.61 Å². The van der Waals surface area contributed by atoms with Gasteiger partial charge in [-0.25, -0.2) is 0 Å². The summed E-state index contributed by atoms with van der Waals surface area (Å²) in [6, 6.07) is 0. The van der Waals surface area contributed by atoms with Gasteiger partial charge in [0.15, 0.2) is 0 Å². The quantitative estimate of drug-likeness (QED) is 0.623. The van der Waals surface area contributed by atoms with Crippen LogP contribution in [0.25, 0.3) is 0 Å². The van der Waals surface area contributed by atoms with Crippen LogP contribution in [0.1, 0.15) is 27.7 Å². The second kappa shape index (κ2) is 2.75. The topological polar surface area (TPSA) is 41.5 Å². The van der Waals surface area contributed by atoms with Gasteiger partial charge in [-0.1, -0.05) is 20.8 Å². The van der Waals surface area contributed by atoms with Gasteiger partial charge in [-0.15, -0.1) is 0 Å². The number of hydrogen-bond donors (Lipinski definition) is 2. The molecule has 12 heavy (non-hydrogen) atoms. The number of allylic oxidation sites excluding steroid dienone is 1. The lowest BCUT2D eigenvalue weighted by Crippen LogP contribution is -2.30. The van der Waals surface area contributed by atoms with E-state index in [9.17, 15) is 0 Å². The monoisotopic (exact) mass is 171 g/mol. The van der Waals surface area contributed by atoms with Crippen molar-refractivity contribution in [3.8, 4) is 0 Å². The summed E-state index contributed by atoms with van der Waals surface area (Å²) < 4.78 is 0. The molecule has 2 N–H and O–H groups in total. The van der Waals surface area contributed by atoms with Crippen LogP contribution in [-0.2, 0) is 4.84 Å². The van der Waals surface area contributed by atoms with Crippen LogP contribution in [0.2, 0.25) is 0 Å². The third-order valence-corrected chi connectivity index (χ3v) is 1.97. The molecule has 0 aromatic heterocycles. The standard InChI is InChI=1S/C9H17NO2/c1-8(2,3)7-5-9(4,6-11)12-10-7/h5,10-11H,6H2,1-4H3. The van der Waals surface area contributed by atoms with Crippen LogP contribution in [-0.4, -0.2) is 17.3 Å². The molecule has 0 saturated carbocycles. The van der Waals surface area contributed by atoms with Crippen LogP contribution in [0, 0.1) is 5.41 Å². The molecule has 1 heterocycles. The van der Waals surface area contributed by atoms with E-state index in [0.717, 1.165) is 5.70 Å². The van der Waals surface area contributed by atoms with Crippen molar-refractivity contribution in [2.24, 2.45) is 5.41 Å². The molecule has 1 aliphatic heterocycles. The number of hydrogen-bond acceptors (Lipinski definition) is 3. The zero-order valence-electron chi connectivity index (χ0n) is 8.14. The van der Waals surface area contributed by atoms with Crippen LogP contribution in [0.15, 0.2) is 11.8 Å². The van der Waals surface area contributed by atoms with E-state index in [1.54, 1.807) is 0 Å². The van der Waals surface area contributed by atoms with Gasteiger partial charge in [0.2, 0.25) is 0 Å². The number of hydroxylamine groups is 1. The van der Waals surface area contributed by atoms with Gasteiger partial charge in [0, 0.05) is 11.1 Å². The van der Waals surface area contributed by atoms with Crippen LogP contribution >= 0.6 is 0 Å². The lowest BCUT2D eigenvalue weighted by Gasteiger charge is -2.19. The fourth-order valence-electron chi connectivity index (χ4n) is 0.983. The first-order chi connectivity index (χ1) is 5.37. The summed E-state index contributed by atoms with van der Waals surface area (Å²) in [7, 11) is 0. The summed E-state index contributed by atoms with van der Waals surface area (Å²) in [4.78, 5) is 5.24. The normalized spacial score (nSPS) is 29.9. The summed E-state index contributed by atoms with van der Waals surface area (Å²) in [5.41, 5.74) is 3.36. The molecule has 1 aliphatic rings. The van der Waals surface area contributed by atoms with Gasteiger partial charge in [-0.2, -0.15) is 0 Å². The van der Waals surface area contributed by atoms with E-state index < -0.39 is 5.60 Å². The first-order valence-corrected chi connectivity index (χ1v) is 4.16. The van der Waals surface area contributed by atoms with Crippen LogP contribution < -0.4 is 5.48 Å². The molecule has 0 amide bonds. The van der Waals surface area contributed by atoms with Crippen LogP contribution in [0.5, 0.6) is 0 Å². The molecule has 1 atom stereocenters. The average molecular weight is 171 g/mol. The smallest absolute Gasteiger partial charge is 0.136 e. The van der Waals surface area contributed by atoms with E-state index >= 15 is 0 Å². The summed E-state index contributed by atoms with van der Waals surface area (Å²) in [6.07, 6.45) is 1.94. The van der Waals surface area contributed by atoms with E-state index in [1.807, 2.05) is 13.0 Å². The molecule has 0 aromatic carbocycles. The van der Waals surface area contributed by atoms with Gasteiger partial charge in [0.25, 0.3) is 0 Å². The molecule has 70 valence electrons. The van der Waals surface area contributed by atoms with Crippen molar-refractivity contribution < 1.29 is 9.94 Å². The molecule has 1 rings (SSSR count). The van der Waals surface area contributed by atoms with Crippen molar-refractivity contribution in [1.82, 2.24) is 5.48 Å². The first kappa shape index (κ1) is 9.55. The number of aliphatic hydroxyl groups is 1. The highest BCUT2D eigenvalue weighted by molar-refractivity contribution is 5.17. The Hall–Kier alpha value is -0.540. The molecular formula is C9H17NO2. The molecule has 0 radical (unpaired) electrons. The summed E-state index contributed by atoms with van der Waals surface area (Å²) in [6.45, 7) is 8.13. The Labute approximate surface area is 73.4 Å². The Kier molecular flexibility index (Phi) is 2.19. The van der Waals surface area contributed by atoms with Gasteiger partial charge in [-0.3, -0.25) is 10.3 Å². The highest BCUT2D eigenvalue weighted by Gasteiger charge is 2.33. The molecule has 3 nitrogen and oxygen atoms in total. The molecule has 0 saturated heterocycles. The van der Waals surface area contributed by atoms with Gasteiger partial charge in [-0.05, 0) is 13.0 Å². The predicted octanol–water partition coefficient (Wildman–Crippen LogP) is 1.20. The SMILES string of the molecule is CC1(CO)C=C(C(C)(C)C)NO1. The lowest BCUT2D eigenvalue weighted by atomic mass is 9.90. The average Bonchev–Trinajstić information content (AvgIpc) is 2.32. The molecule has 1 unspecified atom stereocenters. The Balaban J connectivity index is 2.79. The zero-order valence-corrected chi connectivity index (χ0v) is 8.14. The minimum Gasteiger partial charge on any atom is -0.393 e. The molecule has 0 bridgehead atoms. The first-order valence-electron chi connectivity index (χ1n) is 4.16. The number of rotatable bonds is 1. The highest BCUT2D eigenvalue weighted by atomic mass is 16.7. The van der Waals surface area contributed by atoms with E-state index in [1.165, 1.54) is 0 Å². The van der Waals surface area contributed by atoms with E-state index in [2.05, 4.69) is 26.3 Å². The van der Waals surface area contributed by atoms with Crippen LogP contribution in [0.4, 0.5) is 0 Å². The summed E-state index contributed by atoms with van der Waals surface area (Å²) in [5, 5.41) is 9.00. The van der Waals surface area contributed by atoms with Gasteiger partial charge < -0.3 is 5.11 Å². The molecular weight excluding hydrogens is 154 g/mol. The maximum Gasteiger partial charge on any atom is 0.136 e. The summed E-state index contributed by atoms with van der Waals surface area (Å²) >= 11 is 0. The Morgan fingerprint density at radius 2 is 2.17 bits per heavy atom. The molecule has 0 aromatic rings. The molecule has 0 aliphatic carbocycles. The molecule has 3 heteroatoms. The van der Waals surface area contributed by atoms with Crippen molar-refractivity contribution in [3.63, 3.8) is 0 Å². The van der Waals surface area contributed by atoms with Gasteiger partial charge in [0.1, 0.15) is 5.60 Å². The fourth-order valence-corrected chi connectivity index (χ4v) is 0.983. The largest absolute Gasteiger partial charge is 0.393 e. The van der Waals surface area contributed by atoms with E-state index in [-0.39, 0.29) is 12.0 Å². The lowest BCUT2D eigenvalue weighted by molar-refractivity contribution is -0.0610. The minimum absolute atomic E-state index is 0.000417. The number of nitrogens with one attached hydrogen (secondary N) is 1. The Morgan fingerprint density at radius 1 is 1.58 bits per heavy atom. The van der Waals surface area contributed by atoms with Crippen molar-refractivity contribution in [2.45, 2.75) is 33.3 Å². The molecule has 0 spiro atoms. The predicted molar refractivity (Wildman–Crippen MR) is 47.2 cm³/mol. The summed E-state index contributed by atoms with van der Waals surface area (Å²) in [5.74, 6) is 0. The third-order valence-electron chi connectivity index (χ3n) is 1.97. The number of aliphatic hydroxyl groups excluding tert-OH is 1.